The molecule has 0 radical (unpaired) electrons. The summed E-state index contributed by atoms with van der Waals surface area (Å²) in [6, 6.07) is 3.59. The molecule has 2 aromatic rings. The van der Waals surface area contributed by atoms with Crippen LogP contribution in [0.15, 0.2) is 16.5 Å². The second-order valence-corrected chi connectivity index (χ2v) is 4.79. The van der Waals surface area contributed by atoms with E-state index in [0.29, 0.717) is 22.6 Å². The lowest BCUT2D eigenvalue weighted by Gasteiger charge is -2.06. The molecule has 21 heavy (non-hydrogen) atoms. The van der Waals surface area contributed by atoms with Gasteiger partial charge in [0.1, 0.15) is 0 Å². The molecule has 114 valence electrons. The Kier molecular flexibility index (Phi) is 4.37. The Bertz CT molecular complexity index is 660. The fourth-order valence-electron chi connectivity index (χ4n) is 2.13. The lowest BCUT2D eigenvalue weighted by molar-refractivity contribution is 0.0897. The summed E-state index contributed by atoms with van der Waals surface area (Å²) in [6.07, 6.45) is -0.617. The van der Waals surface area contributed by atoms with E-state index in [2.05, 4.69) is 5.32 Å². The number of rotatable bonds is 5. The van der Waals surface area contributed by atoms with Gasteiger partial charge in [-0.1, -0.05) is 0 Å². The van der Waals surface area contributed by atoms with Crippen LogP contribution in [0.2, 0.25) is 0 Å². The highest BCUT2D eigenvalue weighted by atomic mass is 16.5. The van der Waals surface area contributed by atoms with Crippen LogP contribution in [0, 0.1) is 6.92 Å². The normalized spacial score (nSPS) is 12.2. The van der Waals surface area contributed by atoms with E-state index >= 15 is 0 Å². The molecule has 0 saturated heterocycles. The van der Waals surface area contributed by atoms with E-state index in [4.69, 9.17) is 13.9 Å². The fraction of sp³-hybridized carbons (Fsp3) is 0.400. The van der Waals surface area contributed by atoms with Crippen molar-refractivity contribution in [2.45, 2.75) is 20.0 Å². The van der Waals surface area contributed by atoms with Crippen molar-refractivity contribution in [3.63, 3.8) is 0 Å². The summed E-state index contributed by atoms with van der Waals surface area (Å²) in [5.41, 5.74) is 1.19. The number of methoxy groups -OCH3 is 2. The van der Waals surface area contributed by atoms with Crippen molar-refractivity contribution in [1.29, 1.82) is 0 Å². The standard InChI is InChI=1S/C15H19NO5/c1-8(17)7-16-15(18)12-9(2)10-5-6-11(19-3)14(20-4)13(10)21-12/h5-6,8,17H,7H2,1-4H3,(H,16,18)/t8-/m0/s1. The molecule has 0 spiro atoms. The summed E-state index contributed by atoms with van der Waals surface area (Å²) < 4.78 is 16.2. The van der Waals surface area contributed by atoms with Gasteiger partial charge in [0, 0.05) is 17.5 Å². The number of nitrogens with one attached hydrogen (secondary N) is 1. The van der Waals surface area contributed by atoms with Crippen molar-refractivity contribution in [2.24, 2.45) is 0 Å². The van der Waals surface area contributed by atoms with Crippen LogP contribution in [0.25, 0.3) is 11.0 Å². The molecule has 1 heterocycles. The number of aryl methyl sites for hydroxylation is 1. The van der Waals surface area contributed by atoms with Gasteiger partial charge >= 0.3 is 0 Å². The van der Waals surface area contributed by atoms with Gasteiger partial charge in [0.05, 0.1) is 20.3 Å². The Morgan fingerprint density at radius 1 is 1.38 bits per heavy atom. The van der Waals surface area contributed by atoms with Gasteiger partial charge in [-0.25, -0.2) is 0 Å². The van der Waals surface area contributed by atoms with Crippen molar-refractivity contribution in [3.05, 3.63) is 23.5 Å². The molecule has 1 amide bonds. The molecule has 0 aliphatic carbocycles. The Balaban J connectivity index is 2.47. The highest BCUT2D eigenvalue weighted by Gasteiger charge is 2.22. The number of benzene rings is 1. The minimum Gasteiger partial charge on any atom is -0.493 e. The topological polar surface area (TPSA) is 80.9 Å². The van der Waals surface area contributed by atoms with Gasteiger partial charge in [0.15, 0.2) is 17.1 Å². The Morgan fingerprint density at radius 3 is 2.67 bits per heavy atom. The largest absolute Gasteiger partial charge is 0.493 e. The van der Waals surface area contributed by atoms with Crippen LogP contribution in [0.5, 0.6) is 11.5 Å². The maximum atomic E-state index is 12.1. The summed E-state index contributed by atoms with van der Waals surface area (Å²) in [6.45, 7) is 3.56. The van der Waals surface area contributed by atoms with Crippen molar-refractivity contribution < 1.29 is 23.8 Å². The van der Waals surface area contributed by atoms with E-state index in [9.17, 15) is 9.90 Å². The number of carbonyl (C=O) groups excluding carboxylic acids is 1. The van der Waals surface area contributed by atoms with Crippen LogP contribution in [-0.4, -0.2) is 37.9 Å². The van der Waals surface area contributed by atoms with Gasteiger partial charge in [-0.3, -0.25) is 4.79 Å². The average Bonchev–Trinajstić information content (AvgIpc) is 2.81. The number of hydrogen-bond donors (Lipinski definition) is 2. The molecule has 6 heteroatoms. The fourth-order valence-corrected chi connectivity index (χ4v) is 2.13. The number of aliphatic hydroxyl groups excluding tert-OH is 1. The molecule has 1 aromatic heterocycles. The third-order valence-electron chi connectivity index (χ3n) is 3.21. The van der Waals surface area contributed by atoms with E-state index in [0.717, 1.165) is 5.39 Å². The van der Waals surface area contributed by atoms with Crippen molar-refractivity contribution >= 4 is 16.9 Å². The highest BCUT2D eigenvalue weighted by Crippen LogP contribution is 2.39. The Morgan fingerprint density at radius 2 is 2.10 bits per heavy atom. The number of amides is 1. The zero-order valence-electron chi connectivity index (χ0n) is 12.5. The number of ether oxygens (including phenoxy) is 2. The monoisotopic (exact) mass is 293 g/mol. The van der Waals surface area contributed by atoms with Crippen LogP contribution in [-0.2, 0) is 0 Å². The lowest BCUT2D eigenvalue weighted by Crippen LogP contribution is -2.30. The lowest BCUT2D eigenvalue weighted by atomic mass is 10.1. The Hall–Kier alpha value is -2.21. The van der Waals surface area contributed by atoms with Gasteiger partial charge < -0.3 is 24.3 Å². The molecular weight excluding hydrogens is 274 g/mol. The molecule has 1 atom stereocenters. The molecule has 1 aromatic carbocycles. The molecular formula is C15H19NO5. The maximum absolute atomic E-state index is 12.1. The van der Waals surface area contributed by atoms with Gasteiger partial charge in [0.25, 0.3) is 5.91 Å². The molecule has 2 N–H and O–H groups in total. The second-order valence-electron chi connectivity index (χ2n) is 4.79. The minimum absolute atomic E-state index is 0.162. The number of furan rings is 1. The summed E-state index contributed by atoms with van der Waals surface area (Å²) in [5.74, 6) is 0.824. The first-order valence-electron chi connectivity index (χ1n) is 6.60. The van der Waals surface area contributed by atoms with Crippen molar-refractivity contribution in [1.82, 2.24) is 5.32 Å². The van der Waals surface area contributed by atoms with E-state index in [1.807, 2.05) is 6.07 Å². The number of fused-ring (bicyclic) bond motifs is 1. The summed E-state index contributed by atoms with van der Waals surface area (Å²) in [5, 5.41) is 12.6. The third kappa shape index (κ3) is 2.80. The van der Waals surface area contributed by atoms with Gasteiger partial charge in [0.2, 0.25) is 5.75 Å². The third-order valence-corrected chi connectivity index (χ3v) is 3.21. The zero-order chi connectivity index (χ0) is 15.6. The summed E-state index contributed by atoms with van der Waals surface area (Å²) in [4.78, 5) is 12.1. The highest BCUT2D eigenvalue weighted by molar-refractivity contribution is 6.00. The molecule has 0 aliphatic heterocycles. The maximum Gasteiger partial charge on any atom is 0.287 e. The molecule has 0 unspecified atom stereocenters. The minimum atomic E-state index is -0.617. The quantitative estimate of drug-likeness (QED) is 0.879. The smallest absolute Gasteiger partial charge is 0.287 e. The van der Waals surface area contributed by atoms with Crippen molar-refractivity contribution in [2.75, 3.05) is 20.8 Å². The molecule has 0 saturated carbocycles. The molecule has 0 bridgehead atoms. The first-order chi connectivity index (χ1) is 9.99. The summed E-state index contributed by atoms with van der Waals surface area (Å²) in [7, 11) is 3.05. The van der Waals surface area contributed by atoms with Gasteiger partial charge in [-0.2, -0.15) is 0 Å². The van der Waals surface area contributed by atoms with Gasteiger partial charge in [-0.15, -0.1) is 0 Å². The second kappa shape index (κ2) is 6.05. The first-order valence-corrected chi connectivity index (χ1v) is 6.60. The predicted octanol–water partition coefficient (Wildman–Crippen LogP) is 1.87. The van der Waals surface area contributed by atoms with Gasteiger partial charge in [-0.05, 0) is 26.0 Å². The SMILES string of the molecule is COc1ccc2c(C)c(C(=O)NC[C@H](C)O)oc2c1OC. The van der Waals surface area contributed by atoms with E-state index < -0.39 is 6.10 Å². The van der Waals surface area contributed by atoms with Crippen molar-refractivity contribution in [3.8, 4) is 11.5 Å². The van der Waals surface area contributed by atoms with E-state index in [-0.39, 0.29) is 18.2 Å². The average molecular weight is 293 g/mol. The molecule has 0 fully saturated rings. The molecule has 6 nitrogen and oxygen atoms in total. The summed E-state index contributed by atoms with van der Waals surface area (Å²) >= 11 is 0. The zero-order valence-corrected chi connectivity index (χ0v) is 12.5. The predicted molar refractivity (Wildman–Crippen MR) is 78.1 cm³/mol. The van der Waals surface area contributed by atoms with Crippen LogP contribution < -0.4 is 14.8 Å². The number of carbonyl (C=O) groups is 1. The Labute approximate surface area is 122 Å². The van der Waals surface area contributed by atoms with E-state index in [1.54, 1.807) is 19.9 Å². The van der Waals surface area contributed by atoms with E-state index in [1.165, 1.54) is 14.2 Å². The first kappa shape index (κ1) is 15.2. The number of aliphatic hydroxyl groups is 1. The van der Waals surface area contributed by atoms with Crippen LogP contribution in [0.3, 0.4) is 0 Å². The molecule has 0 aliphatic rings. The van der Waals surface area contributed by atoms with Crippen LogP contribution in [0.4, 0.5) is 0 Å². The van der Waals surface area contributed by atoms with Crippen LogP contribution >= 0.6 is 0 Å². The van der Waals surface area contributed by atoms with Crippen LogP contribution in [0.1, 0.15) is 23.0 Å². The molecule has 2 rings (SSSR count). The number of hydrogen-bond acceptors (Lipinski definition) is 5.